The largest absolute Gasteiger partial charge is 0.456 e. The van der Waals surface area contributed by atoms with Crippen LogP contribution >= 0.6 is 11.6 Å². The SMILES string of the molecule is CCc1cc(Oc2ccc(S(C)(=O)=O)cc2S(C)(=O)=O)ccc1Cl. The lowest BCUT2D eigenvalue weighted by Gasteiger charge is -2.12. The van der Waals surface area contributed by atoms with Crippen molar-refractivity contribution in [3.05, 3.63) is 47.0 Å². The zero-order valence-corrected chi connectivity index (χ0v) is 15.8. The summed E-state index contributed by atoms with van der Waals surface area (Å²) in [7, 11) is -7.20. The van der Waals surface area contributed by atoms with Crippen LogP contribution in [0, 0.1) is 0 Å². The fraction of sp³-hybridized carbons (Fsp3) is 0.250. The van der Waals surface area contributed by atoms with Gasteiger partial charge in [-0.25, -0.2) is 16.8 Å². The predicted molar refractivity (Wildman–Crippen MR) is 93.6 cm³/mol. The molecule has 0 aliphatic carbocycles. The van der Waals surface area contributed by atoms with E-state index in [1.54, 1.807) is 18.2 Å². The van der Waals surface area contributed by atoms with E-state index in [-0.39, 0.29) is 15.5 Å². The minimum absolute atomic E-state index is 0.0641. The molecule has 0 unspecified atom stereocenters. The highest BCUT2D eigenvalue weighted by Crippen LogP contribution is 2.32. The van der Waals surface area contributed by atoms with Gasteiger partial charge in [0.05, 0.1) is 4.90 Å². The first-order valence-corrected chi connectivity index (χ1v) is 11.2. The molecule has 5 nitrogen and oxygen atoms in total. The average molecular weight is 389 g/mol. The summed E-state index contributed by atoms with van der Waals surface area (Å²) in [6.07, 6.45) is 2.71. The lowest BCUT2D eigenvalue weighted by atomic mass is 10.1. The molecule has 0 aliphatic heterocycles. The molecule has 0 N–H and O–H groups in total. The number of benzene rings is 2. The molecule has 24 heavy (non-hydrogen) atoms. The van der Waals surface area contributed by atoms with Crippen LogP contribution in [0.5, 0.6) is 11.5 Å². The fourth-order valence-electron chi connectivity index (χ4n) is 2.11. The maximum atomic E-state index is 12.0. The quantitative estimate of drug-likeness (QED) is 0.783. The summed E-state index contributed by atoms with van der Waals surface area (Å²) in [6.45, 7) is 1.94. The molecule has 2 aromatic carbocycles. The molecule has 8 heteroatoms. The highest BCUT2D eigenvalue weighted by Gasteiger charge is 2.19. The molecule has 0 saturated carbocycles. The summed E-state index contributed by atoms with van der Waals surface area (Å²) in [5.41, 5.74) is 0.864. The Labute approximate surface area is 147 Å². The topological polar surface area (TPSA) is 77.5 Å². The summed E-state index contributed by atoms with van der Waals surface area (Å²) in [4.78, 5) is -0.265. The van der Waals surface area contributed by atoms with Crippen LogP contribution in [0.2, 0.25) is 5.02 Å². The predicted octanol–water partition coefficient (Wildman–Crippen LogP) is 3.50. The molecule has 0 saturated heterocycles. The van der Waals surface area contributed by atoms with Gasteiger partial charge < -0.3 is 4.74 Å². The summed E-state index contributed by atoms with van der Waals surface area (Å²) in [6, 6.07) is 8.78. The van der Waals surface area contributed by atoms with Crippen LogP contribution in [-0.2, 0) is 26.1 Å². The summed E-state index contributed by atoms with van der Waals surface area (Å²) < 4.78 is 53.0. The first-order valence-electron chi connectivity index (χ1n) is 7.03. The Morgan fingerprint density at radius 2 is 1.62 bits per heavy atom. The molecule has 0 fully saturated rings. The van der Waals surface area contributed by atoms with Crippen molar-refractivity contribution in [1.82, 2.24) is 0 Å². The third-order valence-corrected chi connectivity index (χ3v) is 5.97. The van der Waals surface area contributed by atoms with Gasteiger partial charge in [-0.1, -0.05) is 18.5 Å². The van der Waals surface area contributed by atoms with Crippen LogP contribution in [0.25, 0.3) is 0 Å². The van der Waals surface area contributed by atoms with Crippen LogP contribution in [0.3, 0.4) is 0 Å². The molecule has 0 atom stereocenters. The van der Waals surface area contributed by atoms with Gasteiger partial charge in [0.25, 0.3) is 0 Å². The Hall–Kier alpha value is -1.57. The lowest BCUT2D eigenvalue weighted by Crippen LogP contribution is -2.04. The molecule has 0 aliphatic rings. The average Bonchev–Trinajstić information content (AvgIpc) is 2.47. The number of hydrogen-bond acceptors (Lipinski definition) is 5. The number of sulfone groups is 2. The molecule has 0 radical (unpaired) electrons. The van der Waals surface area contributed by atoms with Crippen molar-refractivity contribution in [2.45, 2.75) is 23.1 Å². The first kappa shape index (κ1) is 18.8. The fourth-order valence-corrected chi connectivity index (χ4v) is 3.89. The number of rotatable bonds is 5. The van der Waals surface area contributed by atoms with Crippen molar-refractivity contribution >= 4 is 31.3 Å². The lowest BCUT2D eigenvalue weighted by molar-refractivity contribution is 0.466. The van der Waals surface area contributed by atoms with Crippen molar-refractivity contribution in [3.63, 3.8) is 0 Å². The second kappa shape index (κ2) is 6.74. The smallest absolute Gasteiger partial charge is 0.179 e. The van der Waals surface area contributed by atoms with Crippen molar-refractivity contribution in [2.24, 2.45) is 0 Å². The standard InChI is InChI=1S/C16H17ClO5S2/c1-4-11-9-12(5-7-14(11)17)22-15-8-6-13(23(2,18)19)10-16(15)24(3,20)21/h5-10H,4H2,1-3H3. The molecular weight excluding hydrogens is 372 g/mol. The molecule has 0 spiro atoms. The van der Waals surface area contributed by atoms with E-state index in [9.17, 15) is 16.8 Å². The Morgan fingerprint density at radius 1 is 0.958 bits per heavy atom. The Bertz CT molecular complexity index is 980. The van der Waals surface area contributed by atoms with E-state index >= 15 is 0 Å². The van der Waals surface area contributed by atoms with Crippen molar-refractivity contribution < 1.29 is 21.6 Å². The van der Waals surface area contributed by atoms with Gasteiger partial charge in [0.2, 0.25) is 0 Å². The van der Waals surface area contributed by atoms with Crippen LogP contribution < -0.4 is 4.74 Å². The Balaban J connectivity index is 2.55. The highest BCUT2D eigenvalue weighted by atomic mass is 35.5. The minimum Gasteiger partial charge on any atom is -0.456 e. The summed E-state index contributed by atoms with van der Waals surface area (Å²) in [5, 5.41) is 0.598. The van der Waals surface area contributed by atoms with E-state index < -0.39 is 19.7 Å². The summed E-state index contributed by atoms with van der Waals surface area (Å²) >= 11 is 6.06. The van der Waals surface area contributed by atoms with Crippen molar-refractivity contribution in [1.29, 1.82) is 0 Å². The van der Waals surface area contributed by atoms with E-state index in [0.29, 0.717) is 17.2 Å². The first-order chi connectivity index (χ1) is 11.0. The minimum atomic E-state index is -3.68. The Morgan fingerprint density at radius 3 is 2.17 bits per heavy atom. The molecule has 130 valence electrons. The van der Waals surface area contributed by atoms with Gasteiger partial charge >= 0.3 is 0 Å². The monoisotopic (exact) mass is 388 g/mol. The van der Waals surface area contributed by atoms with E-state index in [0.717, 1.165) is 24.1 Å². The van der Waals surface area contributed by atoms with Gasteiger partial charge in [-0.15, -0.1) is 0 Å². The Kier molecular flexibility index (Phi) is 5.27. The third-order valence-electron chi connectivity index (χ3n) is 3.37. The zero-order chi connectivity index (χ0) is 18.1. The number of aryl methyl sites for hydroxylation is 1. The number of ether oxygens (including phenoxy) is 1. The molecule has 0 heterocycles. The van der Waals surface area contributed by atoms with Crippen molar-refractivity contribution in [3.8, 4) is 11.5 Å². The van der Waals surface area contributed by atoms with E-state index in [1.807, 2.05) is 6.92 Å². The van der Waals surface area contributed by atoms with Gasteiger partial charge in [0.15, 0.2) is 19.7 Å². The molecule has 0 aromatic heterocycles. The van der Waals surface area contributed by atoms with Gasteiger partial charge in [-0.3, -0.25) is 0 Å². The van der Waals surface area contributed by atoms with Gasteiger partial charge in [0.1, 0.15) is 16.4 Å². The highest BCUT2D eigenvalue weighted by molar-refractivity contribution is 7.91. The van der Waals surface area contributed by atoms with Crippen LogP contribution in [-0.4, -0.2) is 29.3 Å². The zero-order valence-electron chi connectivity index (χ0n) is 13.4. The molecule has 0 amide bonds. The van der Waals surface area contributed by atoms with Gasteiger partial charge in [-0.2, -0.15) is 0 Å². The number of hydrogen-bond donors (Lipinski definition) is 0. The number of halogens is 1. The molecule has 2 aromatic rings. The second-order valence-corrected chi connectivity index (χ2v) is 9.77. The third kappa shape index (κ3) is 4.28. The van der Waals surface area contributed by atoms with Crippen LogP contribution in [0.4, 0.5) is 0 Å². The normalized spacial score (nSPS) is 12.2. The van der Waals surface area contributed by atoms with E-state index in [1.165, 1.54) is 12.1 Å². The van der Waals surface area contributed by atoms with Gasteiger partial charge in [0, 0.05) is 17.5 Å². The summed E-state index contributed by atoms with van der Waals surface area (Å²) in [5.74, 6) is 0.488. The van der Waals surface area contributed by atoms with Crippen molar-refractivity contribution in [2.75, 3.05) is 12.5 Å². The molecular formula is C16H17ClO5S2. The molecule has 2 rings (SSSR count). The van der Waals surface area contributed by atoms with E-state index in [2.05, 4.69) is 0 Å². The maximum Gasteiger partial charge on any atom is 0.179 e. The maximum absolute atomic E-state index is 12.0. The van der Waals surface area contributed by atoms with Crippen LogP contribution in [0.15, 0.2) is 46.2 Å². The second-order valence-electron chi connectivity index (χ2n) is 5.36. The van der Waals surface area contributed by atoms with Crippen LogP contribution in [0.1, 0.15) is 12.5 Å². The molecule has 0 bridgehead atoms. The van der Waals surface area contributed by atoms with E-state index in [4.69, 9.17) is 16.3 Å². The van der Waals surface area contributed by atoms with Gasteiger partial charge in [-0.05, 0) is 48.4 Å².